The highest BCUT2D eigenvalue weighted by Gasteiger charge is 2.13. The molecule has 0 atom stereocenters. The van der Waals surface area contributed by atoms with Crippen LogP contribution in [-0.2, 0) is 4.79 Å². The average molecular weight is 289 g/mol. The van der Waals surface area contributed by atoms with Gasteiger partial charge < -0.3 is 5.73 Å². The van der Waals surface area contributed by atoms with Crippen LogP contribution >= 0.6 is 28.1 Å². The molecular weight excluding hydrogens is 280 g/mol. The molecule has 0 aliphatic rings. The standard InChI is InChI=1S/C8H9BrN4OS/c1-5(14)12-13(8(10)15)7-2-3-11-4-6(7)9/h2-4H,1H3,(H2,10,15)(H,12,14). The minimum absolute atomic E-state index is 0.0529. The summed E-state index contributed by atoms with van der Waals surface area (Å²) in [6.07, 6.45) is 3.16. The van der Waals surface area contributed by atoms with Crippen molar-refractivity contribution in [3.05, 3.63) is 22.9 Å². The molecule has 1 heterocycles. The third-order valence-electron chi connectivity index (χ3n) is 1.48. The second kappa shape index (κ2) is 5.04. The number of nitrogens with zero attached hydrogens (tertiary/aromatic N) is 2. The number of thiocarbonyl (C=S) groups is 1. The van der Waals surface area contributed by atoms with Crippen molar-refractivity contribution in [1.82, 2.24) is 10.4 Å². The second-order valence-electron chi connectivity index (χ2n) is 2.67. The van der Waals surface area contributed by atoms with Crippen LogP contribution in [0.4, 0.5) is 5.69 Å². The lowest BCUT2D eigenvalue weighted by molar-refractivity contribution is -0.118. The van der Waals surface area contributed by atoms with Gasteiger partial charge in [-0.1, -0.05) is 0 Å². The first-order chi connectivity index (χ1) is 7.02. The van der Waals surface area contributed by atoms with Gasteiger partial charge in [0.25, 0.3) is 0 Å². The monoisotopic (exact) mass is 288 g/mol. The Labute approximate surface area is 101 Å². The van der Waals surface area contributed by atoms with Crippen molar-refractivity contribution in [1.29, 1.82) is 0 Å². The molecule has 7 heteroatoms. The lowest BCUT2D eigenvalue weighted by Gasteiger charge is -2.23. The maximum atomic E-state index is 10.9. The van der Waals surface area contributed by atoms with E-state index in [0.717, 1.165) is 0 Å². The number of hydrogen-bond acceptors (Lipinski definition) is 3. The molecule has 1 aromatic rings. The van der Waals surface area contributed by atoms with Crippen molar-refractivity contribution in [2.24, 2.45) is 5.73 Å². The topological polar surface area (TPSA) is 71.2 Å². The van der Waals surface area contributed by atoms with E-state index in [1.807, 2.05) is 0 Å². The summed E-state index contributed by atoms with van der Waals surface area (Å²) in [4.78, 5) is 14.8. The summed E-state index contributed by atoms with van der Waals surface area (Å²) in [7, 11) is 0. The maximum Gasteiger partial charge on any atom is 0.235 e. The molecule has 0 bridgehead atoms. The fourth-order valence-electron chi connectivity index (χ4n) is 0.941. The number of rotatable bonds is 1. The van der Waals surface area contributed by atoms with E-state index >= 15 is 0 Å². The van der Waals surface area contributed by atoms with Gasteiger partial charge in [-0.2, -0.15) is 0 Å². The van der Waals surface area contributed by atoms with Crippen molar-refractivity contribution in [3.63, 3.8) is 0 Å². The lowest BCUT2D eigenvalue weighted by atomic mass is 10.4. The number of aromatic nitrogens is 1. The number of nitrogens with one attached hydrogen (secondary N) is 1. The summed E-state index contributed by atoms with van der Waals surface area (Å²) in [6, 6.07) is 1.68. The van der Waals surface area contributed by atoms with E-state index in [2.05, 4.69) is 26.3 Å². The molecule has 15 heavy (non-hydrogen) atoms. The van der Waals surface area contributed by atoms with Crippen LogP contribution in [0.15, 0.2) is 22.9 Å². The fourth-order valence-corrected chi connectivity index (χ4v) is 1.51. The molecular formula is C8H9BrN4OS. The third-order valence-corrected chi connectivity index (χ3v) is 2.28. The summed E-state index contributed by atoms with van der Waals surface area (Å²) in [5.41, 5.74) is 8.63. The van der Waals surface area contributed by atoms with E-state index in [0.29, 0.717) is 10.2 Å². The van der Waals surface area contributed by atoms with Gasteiger partial charge in [0.2, 0.25) is 5.91 Å². The molecule has 0 aliphatic heterocycles. The Bertz CT molecular complexity index is 398. The number of nitrogens with two attached hydrogens (primary N) is 1. The van der Waals surface area contributed by atoms with Crippen LogP contribution in [0.1, 0.15) is 6.92 Å². The Morgan fingerprint density at radius 3 is 2.87 bits per heavy atom. The maximum absolute atomic E-state index is 10.9. The van der Waals surface area contributed by atoms with E-state index < -0.39 is 0 Å². The van der Waals surface area contributed by atoms with Crippen LogP contribution in [0.25, 0.3) is 0 Å². The highest BCUT2D eigenvalue weighted by Crippen LogP contribution is 2.23. The van der Waals surface area contributed by atoms with Gasteiger partial charge in [0.15, 0.2) is 5.11 Å². The number of carbonyl (C=O) groups excluding carboxylic acids is 1. The van der Waals surface area contributed by atoms with Crippen LogP contribution in [0, 0.1) is 0 Å². The van der Waals surface area contributed by atoms with E-state index in [1.165, 1.54) is 11.9 Å². The van der Waals surface area contributed by atoms with Crippen molar-refractivity contribution in [3.8, 4) is 0 Å². The minimum Gasteiger partial charge on any atom is -0.374 e. The number of anilines is 1. The minimum atomic E-state index is -0.258. The molecule has 80 valence electrons. The Morgan fingerprint density at radius 1 is 1.73 bits per heavy atom. The van der Waals surface area contributed by atoms with Crippen LogP contribution in [0.3, 0.4) is 0 Å². The average Bonchev–Trinajstić information content (AvgIpc) is 2.15. The van der Waals surface area contributed by atoms with Crippen LogP contribution in [-0.4, -0.2) is 16.0 Å². The van der Waals surface area contributed by atoms with Gasteiger partial charge in [-0.3, -0.25) is 15.2 Å². The van der Waals surface area contributed by atoms with Crippen molar-refractivity contribution in [2.45, 2.75) is 6.92 Å². The molecule has 1 rings (SSSR count). The molecule has 0 radical (unpaired) electrons. The van der Waals surface area contributed by atoms with Crippen molar-refractivity contribution < 1.29 is 4.79 Å². The third kappa shape index (κ3) is 3.14. The first kappa shape index (κ1) is 11.9. The van der Waals surface area contributed by atoms with E-state index in [1.54, 1.807) is 18.5 Å². The highest BCUT2D eigenvalue weighted by atomic mass is 79.9. The summed E-state index contributed by atoms with van der Waals surface area (Å²) in [5.74, 6) is -0.258. The van der Waals surface area contributed by atoms with Crippen LogP contribution in [0.5, 0.6) is 0 Å². The molecule has 0 aliphatic carbocycles. The van der Waals surface area contributed by atoms with Crippen molar-refractivity contribution in [2.75, 3.05) is 5.01 Å². The summed E-state index contributed by atoms with van der Waals surface area (Å²) >= 11 is 8.11. The summed E-state index contributed by atoms with van der Waals surface area (Å²) < 4.78 is 0.687. The molecule has 0 saturated carbocycles. The zero-order valence-electron chi connectivity index (χ0n) is 7.90. The normalized spacial score (nSPS) is 9.47. The Kier molecular flexibility index (Phi) is 3.98. The molecule has 1 amide bonds. The number of amides is 1. The smallest absolute Gasteiger partial charge is 0.235 e. The molecule has 5 nitrogen and oxygen atoms in total. The predicted octanol–water partition coefficient (Wildman–Crippen LogP) is 0.945. The predicted molar refractivity (Wildman–Crippen MR) is 65.0 cm³/mol. The summed E-state index contributed by atoms with van der Waals surface area (Å²) in [6.45, 7) is 1.38. The van der Waals surface area contributed by atoms with Gasteiger partial charge in [0, 0.05) is 19.3 Å². The molecule has 0 aromatic carbocycles. The van der Waals surface area contributed by atoms with E-state index in [9.17, 15) is 4.79 Å². The molecule has 1 aromatic heterocycles. The number of hydrogen-bond donors (Lipinski definition) is 2. The lowest BCUT2D eigenvalue weighted by Crippen LogP contribution is -2.48. The molecule has 0 spiro atoms. The SMILES string of the molecule is CC(=O)NN(C(N)=S)c1ccncc1Br. The molecule has 3 N–H and O–H groups in total. The second-order valence-corrected chi connectivity index (χ2v) is 3.94. The fraction of sp³-hybridized carbons (Fsp3) is 0.125. The van der Waals surface area contributed by atoms with Gasteiger partial charge in [-0.15, -0.1) is 0 Å². The number of hydrazine groups is 1. The summed E-state index contributed by atoms with van der Waals surface area (Å²) in [5, 5.41) is 1.36. The molecule has 0 fully saturated rings. The number of halogens is 1. The zero-order chi connectivity index (χ0) is 11.4. The Morgan fingerprint density at radius 2 is 2.40 bits per heavy atom. The Balaban J connectivity index is 3.04. The number of pyridine rings is 1. The first-order valence-electron chi connectivity index (χ1n) is 3.98. The van der Waals surface area contributed by atoms with E-state index in [4.69, 9.17) is 18.0 Å². The highest BCUT2D eigenvalue weighted by molar-refractivity contribution is 9.10. The van der Waals surface area contributed by atoms with Crippen LogP contribution in [0.2, 0.25) is 0 Å². The van der Waals surface area contributed by atoms with Gasteiger partial charge in [0.05, 0.1) is 10.2 Å². The first-order valence-corrected chi connectivity index (χ1v) is 5.19. The van der Waals surface area contributed by atoms with Crippen molar-refractivity contribution >= 4 is 44.9 Å². The van der Waals surface area contributed by atoms with Gasteiger partial charge in [0.1, 0.15) is 0 Å². The molecule has 0 saturated heterocycles. The zero-order valence-corrected chi connectivity index (χ0v) is 10.3. The van der Waals surface area contributed by atoms with E-state index in [-0.39, 0.29) is 11.0 Å². The Hall–Kier alpha value is -1.21. The largest absolute Gasteiger partial charge is 0.374 e. The number of carbonyl (C=O) groups is 1. The van der Waals surface area contributed by atoms with Crippen LogP contribution < -0.4 is 16.2 Å². The quantitative estimate of drug-likeness (QED) is 0.595. The molecule has 0 unspecified atom stereocenters. The van der Waals surface area contributed by atoms with Gasteiger partial charge in [-0.05, 0) is 34.2 Å². The van der Waals surface area contributed by atoms with Gasteiger partial charge in [-0.25, -0.2) is 5.01 Å². The van der Waals surface area contributed by atoms with Gasteiger partial charge >= 0.3 is 0 Å².